The number of aromatic nitrogens is 1. The third kappa shape index (κ3) is 5.46. The van der Waals surface area contributed by atoms with Gasteiger partial charge in [0.05, 0.1) is 17.0 Å². The van der Waals surface area contributed by atoms with Crippen molar-refractivity contribution in [1.82, 2.24) is 4.98 Å². The second kappa shape index (κ2) is 9.96. The molecule has 0 bridgehead atoms. The molecule has 0 aliphatic heterocycles. The number of anilines is 1. The summed E-state index contributed by atoms with van der Waals surface area (Å²) >= 11 is 1.53. The fourth-order valence-electron chi connectivity index (χ4n) is 3.63. The highest BCUT2D eigenvalue weighted by atomic mass is 32.1. The molecule has 0 amide bonds. The van der Waals surface area contributed by atoms with Crippen molar-refractivity contribution in [3.63, 3.8) is 0 Å². The first kappa shape index (κ1) is 22.7. The molecule has 33 heavy (non-hydrogen) atoms. The number of thiazole rings is 1. The number of benzene rings is 3. The fourth-order valence-corrected chi connectivity index (χ4v) is 4.68. The maximum Gasteiger partial charge on any atom is 0.305 e. The van der Waals surface area contributed by atoms with Gasteiger partial charge in [-0.3, -0.25) is 4.79 Å². The van der Waals surface area contributed by atoms with Crippen molar-refractivity contribution in [2.45, 2.75) is 26.3 Å². The minimum Gasteiger partial charge on any atom is -0.481 e. The molecule has 0 spiro atoms. The quantitative estimate of drug-likeness (QED) is 0.292. The third-order valence-corrected chi connectivity index (χ3v) is 6.54. The first-order valence-electron chi connectivity index (χ1n) is 10.8. The molecule has 4 aromatic rings. The highest BCUT2D eigenvalue weighted by molar-refractivity contribution is 7.19. The highest BCUT2D eigenvalue weighted by Crippen LogP contribution is 2.40. The standard InChI is InChI=1S/C27H25FN2O2S/c1-17(2)23(16-24(31)32)29-27-30-25(26(33-27)21-6-4-3-5-7-21)20-10-8-18(9-11-20)19-12-14-22(28)15-13-19/h3-15,17,23H,16H2,1-2H3,(H,29,30)(H,31,32). The predicted octanol–water partition coefficient (Wildman–Crippen LogP) is 7.19. The Bertz CT molecular complexity index is 1220. The molecule has 0 radical (unpaired) electrons. The molecule has 4 rings (SSSR count). The van der Waals surface area contributed by atoms with Gasteiger partial charge >= 0.3 is 5.97 Å². The zero-order chi connectivity index (χ0) is 23.4. The number of aliphatic carboxylic acids is 1. The van der Waals surface area contributed by atoms with Crippen molar-refractivity contribution in [3.8, 4) is 32.8 Å². The van der Waals surface area contributed by atoms with Gasteiger partial charge in [0.1, 0.15) is 5.82 Å². The lowest BCUT2D eigenvalue weighted by atomic mass is 10.0. The Morgan fingerprint density at radius 2 is 1.48 bits per heavy atom. The summed E-state index contributed by atoms with van der Waals surface area (Å²) in [6.45, 7) is 4.00. The summed E-state index contributed by atoms with van der Waals surface area (Å²) in [7, 11) is 0. The van der Waals surface area contributed by atoms with E-state index in [9.17, 15) is 14.3 Å². The second-order valence-electron chi connectivity index (χ2n) is 8.24. The summed E-state index contributed by atoms with van der Waals surface area (Å²) in [5.74, 6) is -0.950. The maximum atomic E-state index is 13.3. The fraction of sp³-hybridized carbons (Fsp3) is 0.185. The molecule has 6 heteroatoms. The lowest BCUT2D eigenvalue weighted by Gasteiger charge is -2.19. The van der Waals surface area contributed by atoms with Gasteiger partial charge in [0.2, 0.25) is 0 Å². The highest BCUT2D eigenvalue weighted by Gasteiger charge is 2.21. The van der Waals surface area contributed by atoms with E-state index in [0.29, 0.717) is 5.13 Å². The second-order valence-corrected chi connectivity index (χ2v) is 9.24. The van der Waals surface area contributed by atoms with Crippen molar-refractivity contribution in [3.05, 3.63) is 84.7 Å². The molecule has 0 aliphatic carbocycles. The van der Waals surface area contributed by atoms with E-state index in [4.69, 9.17) is 4.98 Å². The van der Waals surface area contributed by atoms with E-state index in [0.717, 1.165) is 32.8 Å². The van der Waals surface area contributed by atoms with E-state index < -0.39 is 5.97 Å². The van der Waals surface area contributed by atoms with Crippen molar-refractivity contribution >= 4 is 22.4 Å². The normalized spacial score (nSPS) is 12.0. The van der Waals surface area contributed by atoms with Crippen LogP contribution >= 0.6 is 11.3 Å². The Kier molecular flexibility index (Phi) is 6.84. The Morgan fingerprint density at radius 1 is 0.909 bits per heavy atom. The number of carbonyl (C=O) groups is 1. The third-order valence-electron chi connectivity index (χ3n) is 5.51. The molecule has 168 valence electrons. The Labute approximate surface area is 196 Å². The number of hydrogen-bond acceptors (Lipinski definition) is 4. The van der Waals surface area contributed by atoms with E-state index in [1.54, 1.807) is 12.1 Å². The molecular weight excluding hydrogens is 435 g/mol. The molecule has 0 aliphatic rings. The van der Waals surface area contributed by atoms with E-state index >= 15 is 0 Å². The number of carboxylic acids is 1. The topological polar surface area (TPSA) is 62.2 Å². The lowest BCUT2D eigenvalue weighted by Crippen LogP contribution is -2.28. The Hall–Kier alpha value is -3.51. The van der Waals surface area contributed by atoms with Crippen LogP contribution in [0.4, 0.5) is 9.52 Å². The summed E-state index contributed by atoms with van der Waals surface area (Å²) < 4.78 is 13.3. The number of nitrogens with zero attached hydrogens (tertiary/aromatic N) is 1. The van der Waals surface area contributed by atoms with Gasteiger partial charge in [-0.05, 0) is 34.7 Å². The SMILES string of the molecule is CC(C)C(CC(=O)O)Nc1nc(-c2ccc(-c3ccc(F)cc3)cc2)c(-c2ccccc2)s1. The van der Waals surface area contributed by atoms with Gasteiger partial charge < -0.3 is 10.4 Å². The van der Waals surface area contributed by atoms with Crippen molar-refractivity contribution in [2.75, 3.05) is 5.32 Å². The summed E-state index contributed by atoms with van der Waals surface area (Å²) in [6.07, 6.45) is 0.0274. The minimum absolute atomic E-state index is 0.0274. The predicted molar refractivity (Wildman–Crippen MR) is 133 cm³/mol. The molecule has 0 fully saturated rings. The van der Waals surface area contributed by atoms with Crippen LogP contribution in [-0.2, 0) is 4.79 Å². The first-order valence-corrected chi connectivity index (χ1v) is 11.6. The van der Waals surface area contributed by atoms with Gasteiger partial charge in [-0.25, -0.2) is 9.37 Å². The number of nitrogens with one attached hydrogen (secondary N) is 1. The summed E-state index contributed by atoms with van der Waals surface area (Å²) in [6, 6.07) is 24.3. The molecule has 1 aromatic heterocycles. The van der Waals surface area contributed by atoms with Gasteiger partial charge in [-0.2, -0.15) is 0 Å². The molecule has 1 unspecified atom stereocenters. The average molecular weight is 461 g/mol. The number of halogens is 1. The summed E-state index contributed by atoms with van der Waals surface area (Å²) in [4.78, 5) is 17.2. The van der Waals surface area contributed by atoms with Crippen molar-refractivity contribution < 1.29 is 14.3 Å². The smallest absolute Gasteiger partial charge is 0.305 e. The molecule has 1 heterocycles. The molecular formula is C27H25FN2O2S. The minimum atomic E-state index is -0.836. The van der Waals surface area contributed by atoms with Crippen molar-refractivity contribution in [2.24, 2.45) is 5.92 Å². The number of rotatable bonds is 8. The van der Waals surface area contributed by atoms with Gasteiger partial charge in [0.15, 0.2) is 5.13 Å². The monoisotopic (exact) mass is 460 g/mol. The molecule has 0 saturated carbocycles. The van der Waals surface area contributed by atoms with Crippen LogP contribution in [0.2, 0.25) is 0 Å². The van der Waals surface area contributed by atoms with Crippen LogP contribution in [0, 0.1) is 11.7 Å². The van der Waals surface area contributed by atoms with Crippen LogP contribution in [-0.4, -0.2) is 22.1 Å². The first-order chi connectivity index (χ1) is 15.9. The lowest BCUT2D eigenvalue weighted by molar-refractivity contribution is -0.137. The average Bonchev–Trinajstić information content (AvgIpc) is 3.23. The number of carboxylic acid groups (broad SMARTS) is 1. The molecule has 0 saturated heterocycles. The summed E-state index contributed by atoms with van der Waals surface area (Å²) in [5, 5.41) is 13.3. The van der Waals surface area contributed by atoms with Crippen LogP contribution in [0.1, 0.15) is 20.3 Å². The van der Waals surface area contributed by atoms with Crippen LogP contribution in [0.25, 0.3) is 32.8 Å². The molecule has 3 aromatic carbocycles. The molecule has 1 atom stereocenters. The number of hydrogen-bond donors (Lipinski definition) is 2. The van der Waals surface area contributed by atoms with Crippen molar-refractivity contribution in [1.29, 1.82) is 0 Å². The summed E-state index contributed by atoms with van der Waals surface area (Å²) in [5.41, 5.74) is 4.80. The Morgan fingerprint density at radius 3 is 2.06 bits per heavy atom. The largest absolute Gasteiger partial charge is 0.481 e. The maximum absolute atomic E-state index is 13.3. The van der Waals surface area contributed by atoms with E-state index in [2.05, 4.69) is 5.32 Å². The van der Waals surface area contributed by atoms with E-state index in [1.165, 1.54) is 23.5 Å². The van der Waals surface area contributed by atoms with Gasteiger partial charge in [-0.1, -0.05) is 91.9 Å². The molecule has 4 nitrogen and oxygen atoms in total. The van der Waals surface area contributed by atoms with Gasteiger partial charge in [0, 0.05) is 11.6 Å². The van der Waals surface area contributed by atoms with Crippen LogP contribution in [0.15, 0.2) is 78.9 Å². The van der Waals surface area contributed by atoms with Crippen LogP contribution in [0.3, 0.4) is 0 Å². The van der Waals surface area contributed by atoms with Crippen LogP contribution < -0.4 is 5.32 Å². The zero-order valence-electron chi connectivity index (χ0n) is 18.5. The van der Waals surface area contributed by atoms with E-state index in [-0.39, 0.29) is 24.2 Å². The van der Waals surface area contributed by atoms with Gasteiger partial charge in [0.25, 0.3) is 0 Å². The van der Waals surface area contributed by atoms with E-state index in [1.807, 2.05) is 68.4 Å². The van der Waals surface area contributed by atoms with Gasteiger partial charge in [-0.15, -0.1) is 0 Å². The van der Waals surface area contributed by atoms with Crippen LogP contribution in [0.5, 0.6) is 0 Å². The Balaban J connectivity index is 1.70. The molecule has 2 N–H and O–H groups in total. The zero-order valence-corrected chi connectivity index (χ0v) is 19.3.